The first-order valence-electron chi connectivity index (χ1n) is 7.28. The highest BCUT2D eigenvalue weighted by molar-refractivity contribution is 7.15. The second kappa shape index (κ2) is 8.13. The molecule has 25 heavy (non-hydrogen) atoms. The molecule has 1 aromatic heterocycles. The number of halogens is 1. The van der Waals surface area contributed by atoms with E-state index in [-0.39, 0.29) is 10.7 Å². The Morgan fingerprint density at radius 2 is 1.84 bits per heavy atom. The molecule has 0 spiro atoms. The lowest BCUT2D eigenvalue weighted by Gasteiger charge is -2.15. The first-order chi connectivity index (χ1) is 11.8. The van der Waals surface area contributed by atoms with Crippen LogP contribution in [0.25, 0.3) is 0 Å². The van der Waals surface area contributed by atoms with Crippen LogP contribution in [0, 0.1) is 0 Å². The summed E-state index contributed by atoms with van der Waals surface area (Å²) in [4.78, 5) is 36.3. The lowest BCUT2D eigenvalue weighted by atomic mass is 10.2. The minimum absolute atomic E-state index is 0.136. The van der Waals surface area contributed by atoms with Gasteiger partial charge in [0, 0.05) is 5.02 Å². The second-order valence-corrected chi connectivity index (χ2v) is 6.62. The van der Waals surface area contributed by atoms with Crippen LogP contribution < -0.4 is 10.1 Å². The molecule has 0 radical (unpaired) electrons. The number of benzene rings is 1. The first-order valence-corrected chi connectivity index (χ1v) is 8.47. The van der Waals surface area contributed by atoms with Crippen LogP contribution >= 0.6 is 22.9 Å². The number of amides is 1. The molecule has 1 heterocycles. The van der Waals surface area contributed by atoms with E-state index in [0.717, 1.165) is 11.3 Å². The average Bonchev–Trinajstić information content (AvgIpc) is 3.05. The summed E-state index contributed by atoms with van der Waals surface area (Å²) in [7, 11) is 1.46. The van der Waals surface area contributed by atoms with Crippen molar-refractivity contribution in [3.8, 4) is 5.75 Å². The van der Waals surface area contributed by atoms with Crippen molar-refractivity contribution in [3.05, 3.63) is 45.1 Å². The standard InChI is InChI=1S/C17H16ClNO5S/c1-9(20)14-6-7-15(25-14)17(22)24-10(2)16(21)19-12-8-11(18)4-5-13(12)23-3/h4-8,10H,1-3H3,(H,19,21)/t10-/m1/s1. The molecule has 2 aromatic rings. The monoisotopic (exact) mass is 381 g/mol. The third-order valence-corrected chi connectivity index (χ3v) is 4.63. The smallest absolute Gasteiger partial charge is 0.349 e. The predicted octanol–water partition coefficient (Wildman–Crippen LogP) is 3.80. The van der Waals surface area contributed by atoms with Crippen LogP contribution in [0.5, 0.6) is 5.75 Å². The van der Waals surface area contributed by atoms with Crippen LogP contribution in [0.4, 0.5) is 5.69 Å². The molecule has 0 aliphatic heterocycles. The number of carbonyl (C=O) groups is 3. The maximum atomic E-state index is 12.2. The van der Waals surface area contributed by atoms with Crippen LogP contribution in [0.1, 0.15) is 33.2 Å². The Labute approximate surface area is 153 Å². The fourth-order valence-corrected chi connectivity index (χ4v) is 2.88. The van der Waals surface area contributed by atoms with E-state index < -0.39 is 18.0 Å². The summed E-state index contributed by atoms with van der Waals surface area (Å²) in [6.45, 7) is 2.86. The van der Waals surface area contributed by atoms with Crippen LogP contribution in [0.2, 0.25) is 5.02 Å². The Bertz CT molecular complexity index is 817. The van der Waals surface area contributed by atoms with Crippen molar-refractivity contribution in [2.24, 2.45) is 0 Å². The highest BCUT2D eigenvalue weighted by atomic mass is 35.5. The third kappa shape index (κ3) is 4.80. The van der Waals surface area contributed by atoms with Crippen molar-refractivity contribution in [1.82, 2.24) is 0 Å². The van der Waals surface area contributed by atoms with E-state index in [9.17, 15) is 14.4 Å². The summed E-state index contributed by atoms with van der Waals surface area (Å²) in [5, 5.41) is 3.03. The van der Waals surface area contributed by atoms with Gasteiger partial charge in [-0.1, -0.05) is 11.6 Å². The number of Topliss-reactive ketones (excluding diaryl/α,β-unsaturated/α-hetero) is 1. The van der Waals surface area contributed by atoms with Gasteiger partial charge >= 0.3 is 5.97 Å². The molecule has 1 atom stereocenters. The molecule has 2 rings (SSSR count). The summed E-state index contributed by atoms with van der Waals surface area (Å²) in [6.07, 6.45) is -1.04. The van der Waals surface area contributed by atoms with Gasteiger partial charge in [-0.15, -0.1) is 11.3 Å². The van der Waals surface area contributed by atoms with Crippen LogP contribution in [0.15, 0.2) is 30.3 Å². The number of ether oxygens (including phenoxy) is 2. The zero-order valence-corrected chi connectivity index (χ0v) is 15.4. The highest BCUT2D eigenvalue weighted by Gasteiger charge is 2.21. The van der Waals surface area contributed by atoms with E-state index in [0.29, 0.717) is 21.3 Å². The molecule has 132 valence electrons. The van der Waals surface area contributed by atoms with E-state index >= 15 is 0 Å². The Morgan fingerprint density at radius 1 is 1.16 bits per heavy atom. The number of hydrogen-bond acceptors (Lipinski definition) is 6. The average molecular weight is 382 g/mol. The van der Waals surface area contributed by atoms with Gasteiger partial charge in [-0.05, 0) is 44.2 Å². The van der Waals surface area contributed by atoms with E-state index in [4.69, 9.17) is 21.1 Å². The highest BCUT2D eigenvalue weighted by Crippen LogP contribution is 2.28. The fourth-order valence-electron chi connectivity index (χ4n) is 1.92. The molecule has 1 aromatic carbocycles. The number of esters is 1. The fraction of sp³-hybridized carbons (Fsp3) is 0.235. The van der Waals surface area contributed by atoms with Crippen molar-refractivity contribution in [1.29, 1.82) is 0 Å². The minimum atomic E-state index is -1.04. The quantitative estimate of drug-likeness (QED) is 0.608. The molecular formula is C17H16ClNO5S. The van der Waals surface area contributed by atoms with Gasteiger partial charge in [0.15, 0.2) is 11.9 Å². The molecule has 0 aliphatic carbocycles. The molecule has 8 heteroatoms. The maximum absolute atomic E-state index is 12.2. The molecule has 0 aliphatic rings. The summed E-state index contributed by atoms with van der Waals surface area (Å²) in [5.41, 5.74) is 0.373. The van der Waals surface area contributed by atoms with Crippen molar-refractivity contribution >= 4 is 46.3 Å². The van der Waals surface area contributed by atoms with E-state index in [1.807, 2.05) is 0 Å². The topological polar surface area (TPSA) is 81.7 Å². The van der Waals surface area contributed by atoms with Crippen LogP contribution in [-0.2, 0) is 9.53 Å². The van der Waals surface area contributed by atoms with E-state index in [1.54, 1.807) is 18.2 Å². The van der Waals surface area contributed by atoms with Gasteiger partial charge in [0.2, 0.25) is 0 Å². The Hall–Kier alpha value is -2.38. The van der Waals surface area contributed by atoms with Crippen molar-refractivity contribution in [2.45, 2.75) is 20.0 Å². The summed E-state index contributed by atoms with van der Waals surface area (Å²) >= 11 is 6.93. The normalized spacial score (nSPS) is 11.5. The summed E-state index contributed by atoms with van der Waals surface area (Å²) < 4.78 is 10.3. The predicted molar refractivity (Wildman–Crippen MR) is 95.8 cm³/mol. The Morgan fingerprint density at radius 3 is 2.44 bits per heavy atom. The SMILES string of the molecule is COc1ccc(Cl)cc1NC(=O)[C@@H](C)OC(=O)c1ccc(C(C)=O)s1. The van der Waals surface area contributed by atoms with Crippen molar-refractivity contribution in [2.75, 3.05) is 12.4 Å². The molecule has 1 N–H and O–H groups in total. The molecular weight excluding hydrogens is 366 g/mol. The summed E-state index contributed by atoms with van der Waals surface area (Å²) in [5.74, 6) is -0.904. The largest absolute Gasteiger partial charge is 0.495 e. The second-order valence-electron chi connectivity index (χ2n) is 5.10. The van der Waals surface area contributed by atoms with Crippen LogP contribution in [0.3, 0.4) is 0 Å². The van der Waals surface area contributed by atoms with Crippen molar-refractivity contribution < 1.29 is 23.9 Å². The Balaban J connectivity index is 2.03. The molecule has 0 saturated heterocycles. The van der Waals surface area contributed by atoms with Gasteiger partial charge < -0.3 is 14.8 Å². The lowest BCUT2D eigenvalue weighted by Crippen LogP contribution is -2.29. The van der Waals surface area contributed by atoms with Gasteiger partial charge in [0.1, 0.15) is 10.6 Å². The van der Waals surface area contributed by atoms with Gasteiger partial charge in [-0.25, -0.2) is 4.79 Å². The number of rotatable bonds is 6. The van der Waals surface area contributed by atoms with Crippen LogP contribution in [-0.4, -0.2) is 30.9 Å². The van der Waals surface area contributed by atoms with E-state index in [2.05, 4.69) is 5.32 Å². The number of thiophene rings is 1. The first kappa shape index (κ1) is 19.0. The number of nitrogens with one attached hydrogen (secondary N) is 1. The molecule has 6 nitrogen and oxygen atoms in total. The van der Waals surface area contributed by atoms with Gasteiger partial charge in [0.25, 0.3) is 5.91 Å². The zero-order valence-electron chi connectivity index (χ0n) is 13.8. The number of ketones is 1. The number of anilines is 1. The third-order valence-electron chi connectivity index (χ3n) is 3.23. The molecule has 0 bridgehead atoms. The molecule has 0 saturated carbocycles. The number of hydrogen-bond donors (Lipinski definition) is 1. The van der Waals surface area contributed by atoms with Gasteiger partial charge in [0.05, 0.1) is 17.7 Å². The zero-order chi connectivity index (χ0) is 18.6. The molecule has 0 unspecified atom stereocenters. The maximum Gasteiger partial charge on any atom is 0.349 e. The minimum Gasteiger partial charge on any atom is -0.495 e. The summed E-state index contributed by atoms with van der Waals surface area (Å²) in [6, 6.07) is 7.82. The Kier molecular flexibility index (Phi) is 6.17. The van der Waals surface area contributed by atoms with Gasteiger partial charge in [-0.2, -0.15) is 0 Å². The molecule has 0 fully saturated rings. The molecule has 1 amide bonds. The van der Waals surface area contributed by atoms with Gasteiger partial charge in [-0.3, -0.25) is 9.59 Å². The lowest BCUT2D eigenvalue weighted by molar-refractivity contribution is -0.123. The van der Waals surface area contributed by atoms with E-state index in [1.165, 1.54) is 33.1 Å². The number of methoxy groups -OCH3 is 1. The number of carbonyl (C=O) groups excluding carboxylic acids is 3. The van der Waals surface area contributed by atoms with Crippen molar-refractivity contribution in [3.63, 3.8) is 0 Å².